The van der Waals surface area contributed by atoms with Crippen molar-refractivity contribution in [1.29, 1.82) is 0 Å². The molecular weight excluding hydrogens is 216 g/mol. The van der Waals surface area contributed by atoms with Crippen LogP contribution in [0.25, 0.3) is 0 Å². The van der Waals surface area contributed by atoms with Crippen LogP contribution in [0.1, 0.15) is 39.0 Å². The van der Waals surface area contributed by atoms with Crippen LogP contribution in [0.3, 0.4) is 0 Å². The van der Waals surface area contributed by atoms with Gasteiger partial charge in [-0.05, 0) is 6.42 Å². The Morgan fingerprint density at radius 1 is 1.20 bits per heavy atom. The van der Waals surface area contributed by atoms with Crippen molar-refractivity contribution >= 4 is 23.5 Å². The fraction of sp³-hybridized carbons (Fsp3) is 0.800. The molecule has 0 rings (SSSR count). The summed E-state index contributed by atoms with van der Waals surface area (Å²) in [5.74, 6) is -0.105. The van der Waals surface area contributed by atoms with Gasteiger partial charge in [0.1, 0.15) is 0 Å². The van der Waals surface area contributed by atoms with E-state index >= 15 is 0 Å². The van der Waals surface area contributed by atoms with E-state index in [1.807, 2.05) is 0 Å². The van der Waals surface area contributed by atoms with Crippen molar-refractivity contribution in [2.24, 2.45) is 0 Å². The third kappa shape index (κ3) is 9.53. The van der Waals surface area contributed by atoms with Gasteiger partial charge in [-0.25, -0.2) is 4.79 Å². The van der Waals surface area contributed by atoms with Gasteiger partial charge in [-0.1, -0.05) is 26.2 Å². The van der Waals surface area contributed by atoms with Gasteiger partial charge >= 0.3 is 6.03 Å². The molecule has 0 fully saturated rings. The molecular formula is C10H19ClN2O2. The summed E-state index contributed by atoms with van der Waals surface area (Å²) in [6.45, 7) is 2.74. The normalized spacial score (nSPS) is 9.73. The Labute approximate surface area is 95.7 Å². The Bertz CT molecular complexity index is 198. The Morgan fingerprint density at radius 2 is 1.93 bits per heavy atom. The highest BCUT2D eigenvalue weighted by Crippen LogP contribution is 1.96. The lowest BCUT2D eigenvalue weighted by molar-refractivity contribution is -0.119. The van der Waals surface area contributed by atoms with Crippen molar-refractivity contribution in [1.82, 2.24) is 10.6 Å². The first-order valence-corrected chi connectivity index (χ1v) is 5.87. The maximum absolute atomic E-state index is 11.1. The van der Waals surface area contributed by atoms with Gasteiger partial charge in [-0.3, -0.25) is 10.1 Å². The molecule has 3 amide bonds. The Balaban J connectivity index is 3.37. The third-order valence-corrected chi connectivity index (χ3v) is 2.08. The van der Waals surface area contributed by atoms with Crippen LogP contribution in [0.15, 0.2) is 0 Å². The molecule has 0 radical (unpaired) electrons. The molecule has 2 N–H and O–H groups in total. The van der Waals surface area contributed by atoms with Crippen LogP contribution in [0.4, 0.5) is 4.79 Å². The van der Waals surface area contributed by atoms with E-state index < -0.39 is 6.03 Å². The number of imide groups is 1. The van der Waals surface area contributed by atoms with Gasteiger partial charge < -0.3 is 5.32 Å². The molecule has 88 valence electrons. The number of carbonyl (C=O) groups is 2. The summed E-state index contributed by atoms with van der Waals surface area (Å²) in [7, 11) is 0. The van der Waals surface area contributed by atoms with Crippen LogP contribution in [-0.2, 0) is 4.79 Å². The SMILES string of the molecule is CCCCCCNC(=O)NC(=O)CCCl. The summed E-state index contributed by atoms with van der Waals surface area (Å²) < 4.78 is 0. The zero-order chi connectivity index (χ0) is 11.5. The van der Waals surface area contributed by atoms with E-state index in [9.17, 15) is 9.59 Å². The second kappa shape index (κ2) is 9.77. The fourth-order valence-electron chi connectivity index (χ4n) is 1.07. The number of unbranched alkanes of at least 4 members (excludes halogenated alkanes) is 3. The first kappa shape index (κ1) is 14.2. The van der Waals surface area contributed by atoms with Crippen LogP contribution in [0.2, 0.25) is 0 Å². The van der Waals surface area contributed by atoms with Gasteiger partial charge in [0, 0.05) is 18.8 Å². The minimum Gasteiger partial charge on any atom is -0.338 e. The van der Waals surface area contributed by atoms with Crippen LogP contribution in [-0.4, -0.2) is 24.4 Å². The van der Waals surface area contributed by atoms with Gasteiger partial charge in [0.05, 0.1) is 0 Å². The van der Waals surface area contributed by atoms with Crippen LogP contribution in [0.5, 0.6) is 0 Å². The number of nitrogens with one attached hydrogen (secondary N) is 2. The molecule has 0 atom stereocenters. The predicted octanol–water partition coefficient (Wildman–Crippen LogP) is 2.02. The predicted molar refractivity (Wildman–Crippen MR) is 61.0 cm³/mol. The molecule has 0 aliphatic rings. The molecule has 0 saturated heterocycles. The summed E-state index contributed by atoms with van der Waals surface area (Å²) in [6.07, 6.45) is 4.57. The number of carbonyl (C=O) groups excluding carboxylic acids is 2. The number of amides is 3. The highest BCUT2D eigenvalue weighted by Gasteiger charge is 2.05. The van der Waals surface area contributed by atoms with Crippen molar-refractivity contribution in [3.8, 4) is 0 Å². The van der Waals surface area contributed by atoms with Crippen LogP contribution < -0.4 is 10.6 Å². The van der Waals surface area contributed by atoms with E-state index in [4.69, 9.17) is 11.6 Å². The smallest absolute Gasteiger partial charge is 0.321 e. The lowest BCUT2D eigenvalue weighted by Gasteiger charge is -2.05. The first-order chi connectivity index (χ1) is 7.20. The van der Waals surface area contributed by atoms with Crippen LogP contribution >= 0.6 is 11.6 Å². The number of halogens is 1. The minimum atomic E-state index is -0.429. The average Bonchev–Trinajstić information content (AvgIpc) is 2.17. The number of rotatable bonds is 7. The quantitative estimate of drug-likeness (QED) is 0.523. The standard InChI is InChI=1S/C10H19ClN2O2/c1-2-3-4-5-8-12-10(15)13-9(14)6-7-11/h2-8H2,1H3,(H2,12,13,14,15). The number of alkyl halides is 1. The maximum Gasteiger partial charge on any atom is 0.321 e. The average molecular weight is 235 g/mol. The topological polar surface area (TPSA) is 58.2 Å². The van der Waals surface area contributed by atoms with Gasteiger partial charge in [0.15, 0.2) is 0 Å². The lowest BCUT2D eigenvalue weighted by atomic mass is 10.2. The second-order valence-electron chi connectivity index (χ2n) is 3.30. The van der Waals surface area contributed by atoms with Crippen molar-refractivity contribution in [2.75, 3.05) is 12.4 Å². The summed E-state index contributed by atoms with van der Waals surface area (Å²) in [5.41, 5.74) is 0. The number of hydrogen-bond acceptors (Lipinski definition) is 2. The molecule has 0 aliphatic heterocycles. The Morgan fingerprint density at radius 3 is 2.53 bits per heavy atom. The van der Waals surface area contributed by atoms with E-state index in [-0.39, 0.29) is 18.2 Å². The first-order valence-electron chi connectivity index (χ1n) is 5.34. The van der Waals surface area contributed by atoms with Crippen molar-refractivity contribution < 1.29 is 9.59 Å². The second-order valence-corrected chi connectivity index (χ2v) is 3.68. The van der Waals surface area contributed by atoms with E-state index in [0.29, 0.717) is 6.54 Å². The highest BCUT2D eigenvalue weighted by atomic mass is 35.5. The van der Waals surface area contributed by atoms with Gasteiger partial charge in [0.25, 0.3) is 0 Å². The summed E-state index contributed by atoms with van der Waals surface area (Å²) in [6, 6.07) is -0.429. The van der Waals surface area contributed by atoms with Crippen LogP contribution in [0, 0.1) is 0 Å². The molecule has 4 nitrogen and oxygen atoms in total. The largest absolute Gasteiger partial charge is 0.338 e. The fourth-order valence-corrected chi connectivity index (χ4v) is 1.24. The molecule has 0 heterocycles. The Kier molecular flexibility index (Phi) is 9.27. The molecule has 0 unspecified atom stereocenters. The van der Waals surface area contributed by atoms with Gasteiger partial charge in [-0.15, -0.1) is 11.6 Å². The molecule has 15 heavy (non-hydrogen) atoms. The van der Waals surface area contributed by atoms with E-state index in [1.165, 1.54) is 12.8 Å². The molecule has 0 saturated carbocycles. The summed E-state index contributed by atoms with van der Waals surface area (Å²) in [5, 5.41) is 4.82. The van der Waals surface area contributed by atoms with E-state index in [0.717, 1.165) is 12.8 Å². The monoisotopic (exact) mass is 234 g/mol. The zero-order valence-electron chi connectivity index (χ0n) is 9.14. The molecule has 0 bridgehead atoms. The maximum atomic E-state index is 11.1. The molecule has 5 heteroatoms. The molecule has 0 aliphatic carbocycles. The van der Waals surface area contributed by atoms with Gasteiger partial charge in [-0.2, -0.15) is 0 Å². The molecule has 0 aromatic carbocycles. The van der Waals surface area contributed by atoms with Crippen molar-refractivity contribution in [3.05, 3.63) is 0 Å². The zero-order valence-corrected chi connectivity index (χ0v) is 9.90. The molecule has 0 spiro atoms. The molecule has 0 aromatic rings. The summed E-state index contributed by atoms with van der Waals surface area (Å²) in [4.78, 5) is 22.0. The highest BCUT2D eigenvalue weighted by molar-refractivity contribution is 6.19. The van der Waals surface area contributed by atoms with E-state index in [2.05, 4.69) is 17.6 Å². The number of hydrogen-bond donors (Lipinski definition) is 2. The lowest BCUT2D eigenvalue weighted by Crippen LogP contribution is -2.39. The van der Waals surface area contributed by atoms with Gasteiger partial charge in [0.2, 0.25) is 5.91 Å². The molecule has 0 aromatic heterocycles. The Hall–Kier alpha value is -0.770. The third-order valence-electron chi connectivity index (χ3n) is 1.89. The van der Waals surface area contributed by atoms with Crippen molar-refractivity contribution in [3.63, 3.8) is 0 Å². The number of urea groups is 1. The summed E-state index contributed by atoms with van der Waals surface area (Å²) >= 11 is 5.35. The van der Waals surface area contributed by atoms with E-state index in [1.54, 1.807) is 0 Å². The van der Waals surface area contributed by atoms with Crippen molar-refractivity contribution in [2.45, 2.75) is 39.0 Å². The minimum absolute atomic E-state index is 0.171.